The monoisotopic (exact) mass is 626 g/mol. The van der Waals surface area contributed by atoms with E-state index in [1.807, 2.05) is 6.07 Å². The molecule has 226 valence electrons. The van der Waals surface area contributed by atoms with E-state index in [0.717, 1.165) is 29.0 Å². The van der Waals surface area contributed by atoms with Crippen LogP contribution >= 0.6 is 22.9 Å². The van der Waals surface area contributed by atoms with Crippen LogP contribution in [0.1, 0.15) is 30.2 Å². The number of halogens is 2. The van der Waals surface area contributed by atoms with E-state index < -0.39 is 5.82 Å². The molecule has 13 heteroatoms. The summed E-state index contributed by atoms with van der Waals surface area (Å²) in [6.45, 7) is 5.92. The average Bonchev–Trinajstić information content (AvgIpc) is 3.61. The standard InChI is InChI=1S/C30H32ClFN6O4S/c1-3-4-11-42-26-25(28-33-17-21(43-28)14-19-5-6-23(32)22(31)15-19)34-27-24(37-8-7-35(2)30(37)40)16-20(18-38(27)29(26)39)36-9-12-41-13-10-36/h5-6,15-18H,3-4,7-14H2,1-2H3. The molecule has 0 unspecified atom stereocenters. The van der Waals surface area contributed by atoms with Crippen LogP contribution in [0.25, 0.3) is 16.3 Å². The van der Waals surface area contributed by atoms with Gasteiger partial charge in [-0.25, -0.2) is 19.2 Å². The largest absolute Gasteiger partial charge is 0.486 e. The number of anilines is 2. The van der Waals surface area contributed by atoms with E-state index in [-0.39, 0.29) is 22.4 Å². The molecule has 0 N–H and O–H groups in total. The molecular formula is C30H32ClFN6O4S. The molecule has 2 saturated heterocycles. The Morgan fingerprint density at radius 2 is 1.95 bits per heavy atom. The Hall–Kier alpha value is -3.74. The van der Waals surface area contributed by atoms with Gasteiger partial charge in [-0.15, -0.1) is 11.3 Å². The van der Waals surface area contributed by atoms with Crippen molar-refractivity contribution in [2.24, 2.45) is 0 Å². The topological polar surface area (TPSA) is 92.5 Å². The quantitative estimate of drug-likeness (QED) is 0.239. The first-order valence-electron chi connectivity index (χ1n) is 14.3. The summed E-state index contributed by atoms with van der Waals surface area (Å²) >= 11 is 7.37. The second-order valence-corrected chi connectivity index (χ2v) is 12.1. The number of thiazole rings is 1. The van der Waals surface area contributed by atoms with Crippen molar-refractivity contribution in [1.29, 1.82) is 0 Å². The molecule has 0 bridgehead atoms. The van der Waals surface area contributed by atoms with Crippen LogP contribution in [0.3, 0.4) is 0 Å². The zero-order valence-corrected chi connectivity index (χ0v) is 25.6. The van der Waals surface area contributed by atoms with Crippen LogP contribution in [-0.2, 0) is 11.2 Å². The van der Waals surface area contributed by atoms with Gasteiger partial charge in [-0.2, -0.15) is 0 Å². The van der Waals surface area contributed by atoms with E-state index in [1.54, 1.807) is 41.4 Å². The molecule has 43 heavy (non-hydrogen) atoms. The molecule has 0 aliphatic carbocycles. The van der Waals surface area contributed by atoms with Crippen molar-refractivity contribution in [3.63, 3.8) is 0 Å². The van der Waals surface area contributed by atoms with Gasteiger partial charge in [0, 0.05) is 56.9 Å². The van der Waals surface area contributed by atoms with Gasteiger partial charge in [0.05, 0.1) is 36.2 Å². The second-order valence-electron chi connectivity index (χ2n) is 10.6. The van der Waals surface area contributed by atoms with Gasteiger partial charge in [-0.3, -0.25) is 14.1 Å². The summed E-state index contributed by atoms with van der Waals surface area (Å²) in [5.74, 6) is -0.355. The van der Waals surface area contributed by atoms with E-state index in [0.29, 0.717) is 74.5 Å². The molecule has 2 fully saturated rings. The smallest absolute Gasteiger partial charge is 0.324 e. The fourth-order valence-electron chi connectivity index (χ4n) is 5.20. The molecule has 5 heterocycles. The summed E-state index contributed by atoms with van der Waals surface area (Å²) in [5, 5.41) is 0.575. The van der Waals surface area contributed by atoms with Crippen molar-refractivity contribution >= 4 is 46.0 Å². The van der Waals surface area contributed by atoms with E-state index in [4.69, 9.17) is 26.1 Å². The molecule has 0 spiro atoms. The highest BCUT2D eigenvalue weighted by atomic mass is 35.5. The van der Waals surface area contributed by atoms with Crippen LogP contribution in [0.15, 0.2) is 41.5 Å². The number of hydrogen-bond acceptors (Lipinski definition) is 8. The first-order valence-corrected chi connectivity index (χ1v) is 15.5. The number of likely N-dealkylation sites (N-methyl/N-ethyl adjacent to an activating group) is 1. The Kier molecular flexibility index (Phi) is 8.51. The fraction of sp³-hybridized carbons (Fsp3) is 0.400. The summed E-state index contributed by atoms with van der Waals surface area (Å²) in [4.78, 5) is 43.3. The lowest BCUT2D eigenvalue weighted by Crippen LogP contribution is -2.37. The number of hydrogen-bond donors (Lipinski definition) is 0. The minimum atomic E-state index is -0.472. The van der Waals surface area contributed by atoms with Crippen molar-refractivity contribution in [3.8, 4) is 16.5 Å². The van der Waals surface area contributed by atoms with Crippen molar-refractivity contribution in [2.45, 2.75) is 26.2 Å². The number of rotatable bonds is 9. The molecule has 10 nitrogen and oxygen atoms in total. The Bertz CT molecular complexity index is 1720. The van der Waals surface area contributed by atoms with Crippen molar-refractivity contribution in [2.75, 3.05) is 62.8 Å². The predicted octanol–water partition coefficient (Wildman–Crippen LogP) is 5.09. The summed E-state index contributed by atoms with van der Waals surface area (Å²) in [7, 11) is 1.76. The number of carbonyl (C=O) groups is 1. The van der Waals surface area contributed by atoms with Gasteiger partial charge in [0.15, 0.2) is 5.65 Å². The Labute approximate surface area is 257 Å². The summed E-state index contributed by atoms with van der Waals surface area (Å²) in [6, 6.07) is 6.39. The molecule has 0 atom stereocenters. The Morgan fingerprint density at radius 1 is 1.14 bits per heavy atom. The molecule has 2 aliphatic rings. The first-order chi connectivity index (χ1) is 20.8. The molecule has 4 aromatic rings. The Balaban J connectivity index is 1.49. The summed E-state index contributed by atoms with van der Waals surface area (Å²) in [6.07, 6.45) is 5.64. The SMILES string of the molecule is CCCCOc1c(-c2ncc(Cc3ccc(F)c(Cl)c3)s2)nc2c(N3CCN(C)C3=O)cc(N3CCOCC3)cn2c1=O. The second kappa shape index (κ2) is 12.5. The number of benzene rings is 1. The predicted molar refractivity (Wildman–Crippen MR) is 166 cm³/mol. The third kappa shape index (κ3) is 5.91. The lowest BCUT2D eigenvalue weighted by molar-refractivity contribution is 0.122. The average molecular weight is 627 g/mol. The molecule has 2 amide bonds. The number of unbranched alkanes of at least 4 members (excludes halogenated alkanes) is 1. The van der Waals surface area contributed by atoms with Crippen LogP contribution in [0, 0.1) is 5.82 Å². The van der Waals surface area contributed by atoms with E-state index >= 15 is 0 Å². The number of morpholine rings is 1. The molecule has 2 aliphatic heterocycles. The first kappa shape index (κ1) is 29.3. The summed E-state index contributed by atoms with van der Waals surface area (Å²) < 4.78 is 26.8. The van der Waals surface area contributed by atoms with Crippen LogP contribution in [0.2, 0.25) is 5.02 Å². The summed E-state index contributed by atoms with van der Waals surface area (Å²) in [5.41, 5.74) is 2.51. The van der Waals surface area contributed by atoms with Gasteiger partial charge >= 0.3 is 11.6 Å². The molecule has 3 aromatic heterocycles. The maximum absolute atomic E-state index is 14.2. The number of amides is 2. The Morgan fingerprint density at radius 3 is 2.67 bits per heavy atom. The van der Waals surface area contributed by atoms with Gasteiger partial charge in [0.2, 0.25) is 5.75 Å². The molecule has 1 aromatic carbocycles. The minimum Gasteiger partial charge on any atom is -0.486 e. The van der Waals surface area contributed by atoms with Gasteiger partial charge in [-0.05, 0) is 30.2 Å². The van der Waals surface area contributed by atoms with E-state index in [2.05, 4.69) is 16.8 Å². The third-order valence-corrected chi connectivity index (χ3v) is 8.89. The lowest BCUT2D eigenvalue weighted by atomic mass is 10.1. The number of carbonyl (C=O) groups excluding carboxylic acids is 1. The van der Waals surface area contributed by atoms with Gasteiger partial charge in [0.1, 0.15) is 16.5 Å². The third-order valence-electron chi connectivity index (χ3n) is 7.60. The molecular weight excluding hydrogens is 595 g/mol. The van der Waals surface area contributed by atoms with Crippen molar-refractivity contribution in [1.82, 2.24) is 19.3 Å². The number of pyridine rings is 1. The maximum Gasteiger partial charge on any atom is 0.324 e. The number of urea groups is 1. The van der Waals surface area contributed by atoms with Crippen LogP contribution < -0.4 is 20.1 Å². The van der Waals surface area contributed by atoms with Crippen molar-refractivity contribution in [3.05, 3.63) is 68.3 Å². The molecule has 6 rings (SSSR count). The van der Waals surface area contributed by atoms with Gasteiger partial charge < -0.3 is 19.3 Å². The fourth-order valence-corrected chi connectivity index (χ4v) is 6.34. The lowest BCUT2D eigenvalue weighted by Gasteiger charge is -2.30. The zero-order chi connectivity index (χ0) is 30.1. The minimum absolute atomic E-state index is 0.0594. The van der Waals surface area contributed by atoms with Crippen LogP contribution in [0.4, 0.5) is 20.6 Å². The number of fused-ring (bicyclic) bond motifs is 1. The van der Waals surface area contributed by atoms with Crippen molar-refractivity contribution < 1.29 is 18.7 Å². The van der Waals surface area contributed by atoms with E-state index in [9.17, 15) is 14.0 Å². The van der Waals surface area contributed by atoms with Gasteiger partial charge in [-0.1, -0.05) is 31.0 Å². The van der Waals surface area contributed by atoms with Gasteiger partial charge in [0.25, 0.3) is 0 Å². The maximum atomic E-state index is 14.2. The highest BCUT2D eigenvalue weighted by Gasteiger charge is 2.31. The molecule has 0 radical (unpaired) electrons. The number of ether oxygens (including phenoxy) is 2. The van der Waals surface area contributed by atoms with Crippen LogP contribution in [-0.4, -0.2) is 78.3 Å². The number of nitrogens with zero attached hydrogens (tertiary/aromatic N) is 6. The van der Waals surface area contributed by atoms with E-state index in [1.165, 1.54) is 21.8 Å². The zero-order valence-electron chi connectivity index (χ0n) is 24.0. The number of aromatic nitrogens is 3. The molecule has 0 saturated carbocycles. The normalized spacial score (nSPS) is 15.6. The highest BCUT2D eigenvalue weighted by Crippen LogP contribution is 2.35. The van der Waals surface area contributed by atoms with Crippen LogP contribution in [0.5, 0.6) is 5.75 Å². The highest BCUT2D eigenvalue weighted by molar-refractivity contribution is 7.15.